The Morgan fingerprint density at radius 2 is 2.50 bits per heavy atom. The molecular formula is C6H12BNO2. The van der Waals surface area contributed by atoms with Gasteiger partial charge in [0.05, 0.1) is 12.7 Å². The maximum Gasteiger partial charge on any atom is 0.376 e. The van der Waals surface area contributed by atoms with E-state index >= 15 is 0 Å². The van der Waals surface area contributed by atoms with E-state index in [1.165, 1.54) is 0 Å². The highest BCUT2D eigenvalue weighted by Gasteiger charge is 2.41. The minimum absolute atomic E-state index is 0.293. The van der Waals surface area contributed by atoms with Crippen LogP contribution in [-0.2, 0) is 4.74 Å². The van der Waals surface area contributed by atoms with Crippen molar-refractivity contribution in [1.29, 1.82) is 0 Å². The van der Waals surface area contributed by atoms with Crippen LogP contribution in [0, 0.1) is 0 Å². The van der Waals surface area contributed by atoms with Crippen LogP contribution in [0.4, 0.5) is 0 Å². The summed E-state index contributed by atoms with van der Waals surface area (Å²) in [7, 11) is -0.293. The molecule has 0 radical (unpaired) electrons. The molecule has 4 heteroatoms. The minimum Gasteiger partial charge on any atom is -0.437 e. The lowest BCUT2D eigenvalue weighted by Crippen LogP contribution is -2.45. The quantitative estimate of drug-likeness (QED) is 0.503. The fourth-order valence-corrected chi connectivity index (χ4v) is 1.89. The van der Waals surface area contributed by atoms with Gasteiger partial charge in [0.2, 0.25) is 0 Å². The number of fused-ring (bicyclic) bond motifs is 2. The highest BCUT2D eigenvalue weighted by atomic mass is 16.5. The highest BCUT2D eigenvalue weighted by Crippen LogP contribution is 2.27. The first-order valence-electron chi connectivity index (χ1n) is 3.83. The van der Waals surface area contributed by atoms with Crippen molar-refractivity contribution in [3.63, 3.8) is 0 Å². The van der Waals surface area contributed by atoms with Gasteiger partial charge in [-0.25, -0.2) is 0 Å². The SMILES string of the molecule is CB(O)N1C[C@@H]2C[C@H]1CO2. The van der Waals surface area contributed by atoms with Crippen LogP contribution in [0.2, 0.25) is 6.82 Å². The van der Waals surface area contributed by atoms with E-state index in [2.05, 4.69) is 4.81 Å². The Hall–Kier alpha value is -0.0551. The van der Waals surface area contributed by atoms with Crippen molar-refractivity contribution in [3.8, 4) is 0 Å². The van der Waals surface area contributed by atoms with E-state index in [0.29, 0.717) is 12.1 Å². The van der Waals surface area contributed by atoms with Gasteiger partial charge >= 0.3 is 7.05 Å². The zero-order chi connectivity index (χ0) is 7.14. The van der Waals surface area contributed by atoms with E-state index in [9.17, 15) is 5.02 Å². The smallest absolute Gasteiger partial charge is 0.376 e. The van der Waals surface area contributed by atoms with Crippen molar-refractivity contribution in [2.24, 2.45) is 0 Å². The molecule has 0 aliphatic carbocycles. The van der Waals surface area contributed by atoms with Crippen molar-refractivity contribution in [2.45, 2.75) is 25.4 Å². The average Bonchev–Trinajstić information content (AvgIpc) is 2.44. The maximum absolute atomic E-state index is 9.24. The fourth-order valence-electron chi connectivity index (χ4n) is 1.89. The van der Waals surface area contributed by atoms with Gasteiger partial charge in [0.15, 0.2) is 0 Å². The molecule has 1 N–H and O–H groups in total. The summed E-state index contributed by atoms with van der Waals surface area (Å²) in [6.45, 7) is 3.55. The second kappa shape index (κ2) is 2.22. The molecule has 3 nitrogen and oxygen atoms in total. The molecule has 0 aromatic carbocycles. The molecule has 2 aliphatic heterocycles. The fraction of sp³-hybridized carbons (Fsp3) is 1.00. The second-order valence-electron chi connectivity index (χ2n) is 3.17. The molecule has 2 fully saturated rings. The number of ether oxygens (including phenoxy) is 1. The first-order valence-corrected chi connectivity index (χ1v) is 3.83. The number of hydrogen-bond acceptors (Lipinski definition) is 3. The van der Waals surface area contributed by atoms with Gasteiger partial charge in [-0.15, -0.1) is 0 Å². The van der Waals surface area contributed by atoms with Crippen LogP contribution in [0.25, 0.3) is 0 Å². The Balaban J connectivity index is 2.02. The summed E-state index contributed by atoms with van der Waals surface area (Å²) in [5, 5.41) is 9.24. The molecule has 2 rings (SSSR count). The van der Waals surface area contributed by atoms with Crippen molar-refractivity contribution in [1.82, 2.24) is 4.81 Å². The van der Waals surface area contributed by atoms with Gasteiger partial charge in [-0.1, -0.05) is 0 Å². The molecule has 2 aliphatic rings. The molecule has 0 unspecified atom stereocenters. The molecule has 2 bridgehead atoms. The van der Waals surface area contributed by atoms with E-state index in [4.69, 9.17) is 4.74 Å². The molecule has 0 spiro atoms. The molecule has 10 heavy (non-hydrogen) atoms. The molecule has 0 aromatic rings. The summed E-state index contributed by atoms with van der Waals surface area (Å²) in [6.07, 6.45) is 1.52. The number of nitrogens with zero attached hydrogens (tertiary/aromatic N) is 1. The number of morpholine rings is 1. The van der Waals surface area contributed by atoms with Crippen molar-refractivity contribution in [2.75, 3.05) is 13.2 Å². The largest absolute Gasteiger partial charge is 0.437 e. The van der Waals surface area contributed by atoms with E-state index < -0.39 is 0 Å². The zero-order valence-corrected chi connectivity index (χ0v) is 6.16. The Morgan fingerprint density at radius 1 is 1.70 bits per heavy atom. The van der Waals surface area contributed by atoms with Gasteiger partial charge in [-0.3, -0.25) is 0 Å². The molecule has 56 valence electrons. The monoisotopic (exact) mass is 141 g/mol. The van der Waals surface area contributed by atoms with Crippen LogP contribution in [0.1, 0.15) is 6.42 Å². The van der Waals surface area contributed by atoms with Gasteiger partial charge < -0.3 is 14.6 Å². The predicted molar refractivity (Wildman–Crippen MR) is 38.7 cm³/mol. The van der Waals surface area contributed by atoms with Gasteiger partial charge in [-0.2, -0.15) is 0 Å². The highest BCUT2D eigenvalue weighted by molar-refractivity contribution is 6.45. The Kier molecular flexibility index (Phi) is 1.48. The van der Waals surface area contributed by atoms with Crippen LogP contribution < -0.4 is 0 Å². The van der Waals surface area contributed by atoms with Crippen LogP contribution >= 0.6 is 0 Å². The summed E-state index contributed by atoms with van der Waals surface area (Å²) < 4.78 is 5.38. The maximum atomic E-state index is 9.24. The Bertz CT molecular complexity index is 142. The molecule has 0 saturated carbocycles. The van der Waals surface area contributed by atoms with Crippen LogP contribution in [0.3, 0.4) is 0 Å². The van der Waals surface area contributed by atoms with Gasteiger partial charge in [0, 0.05) is 12.6 Å². The van der Waals surface area contributed by atoms with E-state index in [1.54, 1.807) is 0 Å². The van der Waals surface area contributed by atoms with Gasteiger partial charge in [0.1, 0.15) is 0 Å². The van der Waals surface area contributed by atoms with Crippen molar-refractivity contribution >= 4 is 7.05 Å². The topological polar surface area (TPSA) is 32.7 Å². The third-order valence-electron chi connectivity index (χ3n) is 2.42. The minimum atomic E-state index is -0.293. The molecule has 2 saturated heterocycles. The second-order valence-corrected chi connectivity index (χ2v) is 3.17. The van der Waals surface area contributed by atoms with E-state index in [-0.39, 0.29) is 7.05 Å². The van der Waals surface area contributed by atoms with Gasteiger partial charge in [0.25, 0.3) is 0 Å². The normalized spacial score (nSPS) is 39.0. The Labute approximate surface area is 61.1 Å². The third-order valence-corrected chi connectivity index (χ3v) is 2.42. The summed E-state index contributed by atoms with van der Waals surface area (Å²) in [5.41, 5.74) is 0. The average molecular weight is 141 g/mol. The number of rotatable bonds is 1. The molecule has 2 atom stereocenters. The van der Waals surface area contributed by atoms with Crippen LogP contribution in [0.15, 0.2) is 0 Å². The zero-order valence-electron chi connectivity index (χ0n) is 6.16. The summed E-state index contributed by atoms with van der Waals surface area (Å²) in [4.78, 5) is 2.11. The first kappa shape index (κ1) is 6.64. The lowest BCUT2D eigenvalue weighted by molar-refractivity contribution is 0.0549. The van der Waals surface area contributed by atoms with Crippen molar-refractivity contribution < 1.29 is 9.76 Å². The predicted octanol–water partition coefficient (Wildman–Crippen LogP) is -0.430. The van der Waals surface area contributed by atoms with Crippen LogP contribution in [-0.4, -0.2) is 42.2 Å². The Morgan fingerprint density at radius 3 is 2.80 bits per heavy atom. The lowest BCUT2D eigenvalue weighted by Gasteiger charge is -2.27. The number of hydrogen-bond donors (Lipinski definition) is 1. The van der Waals surface area contributed by atoms with E-state index in [1.807, 2.05) is 6.82 Å². The summed E-state index contributed by atoms with van der Waals surface area (Å²) in [6, 6.07) is 0.491. The lowest BCUT2D eigenvalue weighted by atomic mass is 9.84. The van der Waals surface area contributed by atoms with Crippen LogP contribution in [0.5, 0.6) is 0 Å². The van der Waals surface area contributed by atoms with Crippen molar-refractivity contribution in [3.05, 3.63) is 0 Å². The molecule has 2 heterocycles. The van der Waals surface area contributed by atoms with Gasteiger partial charge in [-0.05, 0) is 13.2 Å². The molecule has 0 aromatic heterocycles. The third kappa shape index (κ3) is 0.874. The van der Waals surface area contributed by atoms with E-state index in [0.717, 1.165) is 19.6 Å². The molecule has 0 amide bonds. The summed E-state index contributed by atoms with van der Waals surface area (Å²) >= 11 is 0. The summed E-state index contributed by atoms with van der Waals surface area (Å²) in [5.74, 6) is 0. The first-order chi connectivity index (χ1) is 4.77. The molecular weight excluding hydrogens is 129 g/mol. The standard InChI is InChI=1S/C6H12BNO2/c1-7(9)8-3-6-2-5(8)4-10-6/h5-6,9H,2-4H2,1H3/t5-,6-/m0/s1.